The Morgan fingerprint density at radius 1 is 1.36 bits per heavy atom. The van der Waals surface area contributed by atoms with Crippen molar-refractivity contribution in [2.75, 3.05) is 13.4 Å². The topological polar surface area (TPSA) is 9.23 Å². The minimum atomic E-state index is 0.820. The Bertz CT molecular complexity index is 423. The molecule has 0 saturated heterocycles. The van der Waals surface area contributed by atoms with Gasteiger partial charge in [-0.05, 0) is 29.8 Å². The van der Waals surface area contributed by atoms with Crippen LogP contribution < -0.4 is 4.74 Å². The lowest BCUT2D eigenvalue weighted by molar-refractivity contribution is 0.405. The van der Waals surface area contributed by atoms with E-state index in [-0.39, 0.29) is 0 Å². The van der Waals surface area contributed by atoms with E-state index in [0.29, 0.717) is 0 Å². The van der Waals surface area contributed by atoms with Gasteiger partial charge in [-0.25, -0.2) is 0 Å². The summed E-state index contributed by atoms with van der Waals surface area (Å²) >= 11 is 9.23. The molecule has 0 aliphatic rings. The van der Waals surface area contributed by atoms with Gasteiger partial charge in [0.1, 0.15) is 5.75 Å². The largest absolute Gasteiger partial charge is 0.496 e. The Hall–Kier alpha value is -0.380. The van der Waals surface area contributed by atoms with E-state index >= 15 is 0 Å². The van der Waals surface area contributed by atoms with Crippen LogP contribution in [0.3, 0.4) is 0 Å². The van der Waals surface area contributed by atoms with E-state index in [0.717, 1.165) is 20.4 Å². The number of hydrogen-bond acceptors (Lipinski definition) is 3. The minimum Gasteiger partial charge on any atom is -0.496 e. The first-order valence-corrected chi connectivity index (χ1v) is 6.47. The Labute approximate surface area is 96.0 Å². The second-order valence-electron chi connectivity index (χ2n) is 2.80. The van der Waals surface area contributed by atoms with Crippen molar-refractivity contribution in [3.63, 3.8) is 0 Å². The number of methoxy groups -OCH3 is 1. The van der Waals surface area contributed by atoms with Crippen molar-refractivity contribution in [1.82, 2.24) is 0 Å². The second kappa shape index (κ2) is 4.01. The van der Waals surface area contributed by atoms with Crippen molar-refractivity contribution < 1.29 is 4.74 Å². The van der Waals surface area contributed by atoms with Crippen molar-refractivity contribution in [2.24, 2.45) is 0 Å². The smallest absolute Gasteiger partial charge is 0.133 e. The number of hydrogen-bond donors (Lipinski definition) is 0. The second-order valence-corrected chi connectivity index (χ2v) is 5.36. The Balaban J connectivity index is 2.68. The molecule has 4 heteroatoms. The highest BCUT2D eigenvalue weighted by atomic mass is 35.5. The number of rotatable bonds is 2. The van der Waals surface area contributed by atoms with Gasteiger partial charge in [-0.3, -0.25) is 0 Å². The molecule has 0 radical (unpaired) electrons. The number of fused-ring (bicyclic) bond motifs is 1. The maximum Gasteiger partial charge on any atom is 0.133 e. The number of thiophene rings is 1. The molecule has 1 nitrogen and oxygen atoms in total. The molecule has 0 unspecified atom stereocenters. The fourth-order valence-corrected chi connectivity index (χ4v) is 3.16. The first kappa shape index (κ1) is 10.1. The van der Waals surface area contributed by atoms with E-state index in [2.05, 4.69) is 6.07 Å². The van der Waals surface area contributed by atoms with Crippen molar-refractivity contribution in [3.05, 3.63) is 22.5 Å². The van der Waals surface area contributed by atoms with Crippen molar-refractivity contribution in [1.29, 1.82) is 0 Å². The maximum atomic E-state index is 5.95. The van der Waals surface area contributed by atoms with Gasteiger partial charge < -0.3 is 4.74 Å². The van der Waals surface area contributed by atoms with Gasteiger partial charge in [0.2, 0.25) is 0 Å². The summed E-state index contributed by atoms with van der Waals surface area (Å²) in [4.78, 5) is 1.15. The lowest BCUT2D eigenvalue weighted by atomic mass is 10.2. The average molecular weight is 245 g/mol. The summed E-state index contributed by atoms with van der Waals surface area (Å²) in [5, 5.41) is 1.15. The van der Waals surface area contributed by atoms with Crippen LogP contribution in [0, 0.1) is 0 Å². The highest BCUT2D eigenvalue weighted by Crippen LogP contribution is 2.37. The van der Waals surface area contributed by atoms with Crippen LogP contribution in [-0.2, 0) is 0 Å². The Morgan fingerprint density at radius 2 is 2.14 bits per heavy atom. The summed E-state index contributed by atoms with van der Waals surface area (Å²) in [6.07, 6.45) is 2.04. The van der Waals surface area contributed by atoms with Crippen LogP contribution in [0.2, 0.25) is 4.34 Å². The van der Waals surface area contributed by atoms with Crippen LogP contribution in [0.15, 0.2) is 23.1 Å². The third kappa shape index (κ3) is 1.72. The van der Waals surface area contributed by atoms with E-state index in [4.69, 9.17) is 16.3 Å². The standard InChI is InChI=1S/C10H9ClOS2/c1-12-7-3-6-4-10(11)14-8(6)5-9(7)13-2/h3-5H,1-2H3. The molecule has 0 bridgehead atoms. The van der Waals surface area contributed by atoms with Gasteiger partial charge in [0, 0.05) is 4.70 Å². The lowest BCUT2D eigenvalue weighted by Crippen LogP contribution is -1.84. The molecular weight excluding hydrogens is 236 g/mol. The fraction of sp³-hybridized carbons (Fsp3) is 0.200. The van der Waals surface area contributed by atoms with E-state index in [1.807, 2.05) is 18.4 Å². The van der Waals surface area contributed by atoms with Crippen LogP contribution in [0.5, 0.6) is 5.75 Å². The molecule has 1 aromatic heterocycles. The summed E-state index contributed by atoms with van der Waals surface area (Å²) < 4.78 is 7.32. The molecule has 0 amide bonds. The van der Waals surface area contributed by atoms with Gasteiger partial charge >= 0.3 is 0 Å². The minimum absolute atomic E-state index is 0.820. The Morgan fingerprint density at radius 3 is 2.79 bits per heavy atom. The van der Waals surface area contributed by atoms with Crippen LogP contribution in [0.4, 0.5) is 0 Å². The number of thioether (sulfide) groups is 1. The van der Waals surface area contributed by atoms with Gasteiger partial charge in [-0.1, -0.05) is 11.6 Å². The predicted octanol–water partition coefficient (Wildman–Crippen LogP) is 4.29. The lowest BCUT2D eigenvalue weighted by Gasteiger charge is -2.05. The van der Waals surface area contributed by atoms with Gasteiger partial charge in [-0.15, -0.1) is 23.1 Å². The number of halogens is 1. The normalized spacial score (nSPS) is 10.8. The quantitative estimate of drug-likeness (QED) is 0.729. The molecule has 14 heavy (non-hydrogen) atoms. The van der Waals surface area contributed by atoms with Crippen LogP contribution in [0.1, 0.15) is 0 Å². The zero-order valence-corrected chi connectivity index (χ0v) is 10.2. The molecule has 0 atom stereocenters. The molecule has 1 heterocycles. The molecule has 2 aromatic rings. The van der Waals surface area contributed by atoms with Gasteiger partial charge in [-0.2, -0.15) is 0 Å². The highest BCUT2D eigenvalue weighted by Gasteiger charge is 2.06. The molecule has 2 rings (SSSR count). The summed E-state index contributed by atoms with van der Waals surface area (Å²) in [5.41, 5.74) is 0. The Kier molecular flexibility index (Phi) is 2.91. The summed E-state index contributed by atoms with van der Waals surface area (Å²) in [5.74, 6) is 0.916. The van der Waals surface area contributed by atoms with E-state index in [9.17, 15) is 0 Å². The molecular formula is C10H9ClOS2. The zero-order chi connectivity index (χ0) is 10.1. The summed E-state index contributed by atoms with van der Waals surface area (Å²) in [7, 11) is 1.69. The number of benzene rings is 1. The summed E-state index contributed by atoms with van der Waals surface area (Å²) in [6.45, 7) is 0. The average Bonchev–Trinajstić information content (AvgIpc) is 2.54. The first-order chi connectivity index (χ1) is 6.74. The van der Waals surface area contributed by atoms with Crippen LogP contribution in [-0.4, -0.2) is 13.4 Å². The fourth-order valence-electron chi connectivity index (χ4n) is 1.33. The van der Waals surface area contributed by atoms with Crippen molar-refractivity contribution >= 4 is 44.8 Å². The molecule has 1 aromatic carbocycles. The van der Waals surface area contributed by atoms with Gasteiger partial charge in [0.25, 0.3) is 0 Å². The summed E-state index contributed by atoms with van der Waals surface area (Å²) in [6, 6.07) is 6.12. The van der Waals surface area contributed by atoms with Crippen molar-refractivity contribution in [2.45, 2.75) is 4.90 Å². The first-order valence-electron chi connectivity index (χ1n) is 4.05. The van der Waals surface area contributed by atoms with Gasteiger partial charge in [0.05, 0.1) is 16.3 Å². The van der Waals surface area contributed by atoms with Crippen molar-refractivity contribution in [3.8, 4) is 5.75 Å². The molecule has 0 spiro atoms. The van der Waals surface area contributed by atoms with E-state index in [1.54, 1.807) is 30.2 Å². The SMILES string of the molecule is COc1cc2cc(Cl)sc2cc1SC. The predicted molar refractivity (Wildman–Crippen MR) is 65.2 cm³/mol. The number of ether oxygens (including phenoxy) is 1. The highest BCUT2D eigenvalue weighted by molar-refractivity contribution is 7.98. The zero-order valence-electron chi connectivity index (χ0n) is 7.83. The third-order valence-corrected chi connectivity index (χ3v) is 3.98. The molecule has 0 aliphatic heterocycles. The van der Waals surface area contributed by atoms with Crippen LogP contribution >= 0.6 is 34.7 Å². The van der Waals surface area contributed by atoms with Gasteiger partial charge in [0.15, 0.2) is 0 Å². The molecule has 0 fully saturated rings. The molecule has 0 saturated carbocycles. The van der Waals surface area contributed by atoms with E-state index in [1.165, 1.54) is 4.70 Å². The molecule has 0 aliphatic carbocycles. The van der Waals surface area contributed by atoms with E-state index < -0.39 is 0 Å². The maximum absolute atomic E-state index is 5.95. The third-order valence-electron chi connectivity index (χ3n) is 1.99. The monoisotopic (exact) mass is 244 g/mol. The molecule has 0 N–H and O–H groups in total. The molecule has 74 valence electrons. The van der Waals surface area contributed by atoms with Crippen LogP contribution in [0.25, 0.3) is 10.1 Å².